The molecule has 0 aliphatic rings. The molecule has 0 amide bonds. The second-order valence-electron chi connectivity index (χ2n) is 5.69. The summed E-state index contributed by atoms with van der Waals surface area (Å²) < 4.78 is 29.1. The van der Waals surface area contributed by atoms with Crippen molar-refractivity contribution in [3.8, 4) is 0 Å². The zero-order valence-corrected chi connectivity index (χ0v) is 16.7. The van der Waals surface area contributed by atoms with E-state index in [0.717, 1.165) is 5.56 Å². The molecule has 1 aromatic heterocycles. The maximum atomic E-state index is 12.5. The molecular formula is C17H14Cl3N3O2S. The van der Waals surface area contributed by atoms with Gasteiger partial charge < -0.3 is 0 Å². The molecule has 3 rings (SSSR count). The number of sulfonamides is 1. The zero-order chi connectivity index (χ0) is 18.9. The van der Waals surface area contributed by atoms with E-state index in [1.165, 1.54) is 17.7 Å². The van der Waals surface area contributed by atoms with Crippen LogP contribution in [0.3, 0.4) is 0 Å². The molecule has 1 N–H and O–H groups in total. The molecule has 0 radical (unpaired) electrons. The van der Waals surface area contributed by atoms with Crippen LogP contribution in [0, 0.1) is 6.92 Å². The fraction of sp³-hybridized carbons (Fsp3) is 0.118. The highest BCUT2D eigenvalue weighted by Crippen LogP contribution is 2.32. The first kappa shape index (κ1) is 19.0. The monoisotopic (exact) mass is 429 g/mol. The topological polar surface area (TPSA) is 64.0 Å². The summed E-state index contributed by atoms with van der Waals surface area (Å²) in [4.78, 5) is -0.165. The van der Waals surface area contributed by atoms with Crippen molar-refractivity contribution in [3.05, 3.63) is 74.9 Å². The first-order valence-corrected chi connectivity index (χ1v) is 10.1. The second kappa shape index (κ2) is 7.48. The Morgan fingerprint density at radius 3 is 2.35 bits per heavy atom. The third kappa shape index (κ3) is 4.32. The van der Waals surface area contributed by atoms with E-state index in [1.807, 2.05) is 31.2 Å². The number of halogens is 3. The van der Waals surface area contributed by atoms with Gasteiger partial charge in [0, 0.05) is 12.3 Å². The van der Waals surface area contributed by atoms with E-state index in [0.29, 0.717) is 6.54 Å². The standard InChI is InChI=1S/C17H14Cl3N3O2S/c1-11-2-4-12(5-3-11)10-23-7-6-17(21-23)22-26(24,25)16-9-14(19)13(18)8-15(16)20/h2-9H,10H2,1H3,(H,21,22). The van der Waals surface area contributed by atoms with Crippen LogP contribution in [0.15, 0.2) is 53.6 Å². The summed E-state index contributed by atoms with van der Waals surface area (Å²) in [6.07, 6.45) is 1.69. The first-order chi connectivity index (χ1) is 12.2. The van der Waals surface area contributed by atoms with Crippen LogP contribution >= 0.6 is 34.8 Å². The van der Waals surface area contributed by atoms with E-state index in [-0.39, 0.29) is 25.8 Å². The van der Waals surface area contributed by atoms with E-state index < -0.39 is 10.0 Å². The van der Waals surface area contributed by atoms with E-state index in [9.17, 15) is 8.42 Å². The summed E-state index contributed by atoms with van der Waals surface area (Å²) in [5.74, 6) is 0.180. The summed E-state index contributed by atoms with van der Waals surface area (Å²) in [6.45, 7) is 2.54. The van der Waals surface area contributed by atoms with Gasteiger partial charge in [0.1, 0.15) is 4.90 Å². The number of aryl methyl sites for hydroxylation is 1. The maximum Gasteiger partial charge on any atom is 0.264 e. The summed E-state index contributed by atoms with van der Waals surface area (Å²) in [5.41, 5.74) is 2.22. The van der Waals surface area contributed by atoms with Gasteiger partial charge in [-0.15, -0.1) is 0 Å². The highest BCUT2D eigenvalue weighted by molar-refractivity contribution is 7.92. The van der Waals surface area contributed by atoms with Gasteiger partial charge >= 0.3 is 0 Å². The fourth-order valence-corrected chi connectivity index (χ4v) is 4.29. The van der Waals surface area contributed by atoms with Crippen LogP contribution in [0.1, 0.15) is 11.1 Å². The Bertz CT molecular complexity index is 1050. The third-order valence-electron chi connectivity index (χ3n) is 3.61. The lowest BCUT2D eigenvalue weighted by Crippen LogP contribution is -2.14. The number of rotatable bonds is 5. The van der Waals surface area contributed by atoms with Gasteiger partial charge in [0.2, 0.25) is 0 Å². The molecule has 0 bridgehead atoms. The molecule has 2 aromatic carbocycles. The Morgan fingerprint density at radius 1 is 1.00 bits per heavy atom. The summed E-state index contributed by atoms with van der Waals surface area (Å²) >= 11 is 17.7. The van der Waals surface area contributed by atoms with Crippen LogP contribution in [0.4, 0.5) is 5.82 Å². The van der Waals surface area contributed by atoms with Gasteiger partial charge in [-0.2, -0.15) is 5.10 Å². The Labute approximate surface area is 166 Å². The predicted octanol–water partition coefficient (Wildman–Crippen LogP) is 5.00. The van der Waals surface area contributed by atoms with E-state index in [1.54, 1.807) is 16.9 Å². The Hall–Kier alpha value is -1.73. The predicted molar refractivity (Wildman–Crippen MR) is 105 cm³/mol. The van der Waals surface area contributed by atoms with E-state index >= 15 is 0 Å². The highest BCUT2D eigenvalue weighted by atomic mass is 35.5. The van der Waals surface area contributed by atoms with Crippen molar-refractivity contribution in [2.45, 2.75) is 18.4 Å². The molecule has 9 heteroatoms. The number of nitrogens with one attached hydrogen (secondary N) is 1. The lowest BCUT2D eigenvalue weighted by atomic mass is 10.1. The van der Waals surface area contributed by atoms with Crippen molar-refractivity contribution in [1.82, 2.24) is 9.78 Å². The molecule has 0 aliphatic carbocycles. The third-order valence-corrected chi connectivity index (χ3v) is 6.15. The van der Waals surface area contributed by atoms with Crippen LogP contribution in [-0.2, 0) is 16.6 Å². The highest BCUT2D eigenvalue weighted by Gasteiger charge is 2.21. The normalized spacial score (nSPS) is 11.5. The summed E-state index contributed by atoms with van der Waals surface area (Å²) in [6, 6.07) is 12.1. The van der Waals surface area contributed by atoms with Gasteiger partial charge in [-0.05, 0) is 24.6 Å². The first-order valence-electron chi connectivity index (χ1n) is 7.51. The van der Waals surface area contributed by atoms with Crippen molar-refractivity contribution >= 4 is 50.6 Å². The second-order valence-corrected chi connectivity index (χ2v) is 8.56. The molecule has 0 saturated heterocycles. The van der Waals surface area contributed by atoms with Gasteiger partial charge in [-0.3, -0.25) is 9.40 Å². The molecule has 26 heavy (non-hydrogen) atoms. The number of nitrogens with zero attached hydrogens (tertiary/aromatic N) is 2. The van der Waals surface area contributed by atoms with Crippen molar-refractivity contribution in [2.75, 3.05) is 4.72 Å². The van der Waals surface area contributed by atoms with Crippen molar-refractivity contribution in [2.24, 2.45) is 0 Å². The molecule has 0 atom stereocenters. The Balaban J connectivity index is 1.80. The van der Waals surface area contributed by atoms with Crippen LogP contribution < -0.4 is 4.72 Å². The molecule has 0 spiro atoms. The van der Waals surface area contributed by atoms with Gasteiger partial charge in [0.05, 0.1) is 21.6 Å². The minimum atomic E-state index is -3.95. The minimum Gasteiger partial charge on any atom is -0.266 e. The van der Waals surface area contributed by atoms with E-state index in [4.69, 9.17) is 34.8 Å². The Kier molecular flexibility index (Phi) is 5.48. The van der Waals surface area contributed by atoms with Crippen LogP contribution in [0.2, 0.25) is 15.1 Å². The summed E-state index contributed by atoms with van der Waals surface area (Å²) in [5, 5.41) is 4.49. The fourth-order valence-electron chi connectivity index (χ4n) is 2.29. The lowest BCUT2D eigenvalue weighted by molar-refractivity contribution is 0.600. The van der Waals surface area contributed by atoms with Gasteiger partial charge in [-0.1, -0.05) is 64.6 Å². The van der Waals surface area contributed by atoms with Gasteiger partial charge in [0.25, 0.3) is 10.0 Å². The molecule has 136 valence electrons. The molecule has 0 saturated carbocycles. The SMILES string of the molecule is Cc1ccc(Cn2ccc(NS(=O)(=O)c3cc(Cl)c(Cl)cc3Cl)n2)cc1. The zero-order valence-electron chi connectivity index (χ0n) is 13.6. The van der Waals surface area contributed by atoms with Gasteiger partial charge in [-0.25, -0.2) is 8.42 Å². The molecule has 0 aliphatic heterocycles. The average Bonchev–Trinajstić information content (AvgIpc) is 2.99. The van der Waals surface area contributed by atoms with Crippen LogP contribution in [0.5, 0.6) is 0 Å². The van der Waals surface area contributed by atoms with Crippen molar-refractivity contribution < 1.29 is 8.42 Å². The largest absolute Gasteiger partial charge is 0.266 e. The lowest BCUT2D eigenvalue weighted by Gasteiger charge is -2.09. The molecule has 3 aromatic rings. The molecule has 1 heterocycles. The average molecular weight is 431 g/mol. The number of hydrogen-bond donors (Lipinski definition) is 1. The van der Waals surface area contributed by atoms with Crippen molar-refractivity contribution in [1.29, 1.82) is 0 Å². The number of benzene rings is 2. The van der Waals surface area contributed by atoms with Gasteiger partial charge in [0.15, 0.2) is 5.82 Å². The van der Waals surface area contributed by atoms with Crippen LogP contribution in [-0.4, -0.2) is 18.2 Å². The number of hydrogen-bond acceptors (Lipinski definition) is 3. The number of anilines is 1. The molecular weight excluding hydrogens is 417 g/mol. The number of aromatic nitrogens is 2. The Morgan fingerprint density at radius 2 is 1.65 bits per heavy atom. The minimum absolute atomic E-state index is 0.0222. The maximum absolute atomic E-state index is 12.5. The van der Waals surface area contributed by atoms with Crippen LogP contribution in [0.25, 0.3) is 0 Å². The molecule has 0 fully saturated rings. The van der Waals surface area contributed by atoms with E-state index in [2.05, 4.69) is 9.82 Å². The molecule has 5 nitrogen and oxygen atoms in total. The van der Waals surface area contributed by atoms with Crippen molar-refractivity contribution in [3.63, 3.8) is 0 Å². The molecule has 0 unspecified atom stereocenters. The smallest absolute Gasteiger partial charge is 0.264 e. The quantitative estimate of drug-likeness (QED) is 0.579. The summed E-state index contributed by atoms with van der Waals surface area (Å²) in [7, 11) is -3.95.